The molecule has 1 saturated carbocycles. The summed E-state index contributed by atoms with van der Waals surface area (Å²) in [7, 11) is 0. The van der Waals surface area contributed by atoms with E-state index in [9.17, 15) is 4.79 Å². The Morgan fingerprint density at radius 1 is 1.38 bits per heavy atom. The van der Waals surface area contributed by atoms with Gasteiger partial charge in [-0.2, -0.15) is 0 Å². The lowest BCUT2D eigenvalue weighted by Crippen LogP contribution is -2.44. The van der Waals surface area contributed by atoms with Gasteiger partial charge in [0.15, 0.2) is 0 Å². The predicted molar refractivity (Wildman–Crippen MR) is 61.6 cm³/mol. The molecular formula is C12H20N3O-. The van der Waals surface area contributed by atoms with Gasteiger partial charge in [-0.3, -0.25) is 4.79 Å². The molecule has 2 rings (SSSR count). The van der Waals surface area contributed by atoms with Crippen LogP contribution in [-0.4, -0.2) is 23.0 Å². The summed E-state index contributed by atoms with van der Waals surface area (Å²) in [5, 5.41) is 3.40. The molecule has 0 spiro atoms. The zero-order chi connectivity index (χ0) is 11.7. The van der Waals surface area contributed by atoms with Gasteiger partial charge in [0.05, 0.1) is 0 Å². The molecule has 3 atom stereocenters. The van der Waals surface area contributed by atoms with Crippen molar-refractivity contribution in [1.82, 2.24) is 4.90 Å². The van der Waals surface area contributed by atoms with Crippen LogP contribution >= 0.6 is 0 Å². The molecule has 4 nitrogen and oxygen atoms in total. The molecule has 0 N–H and O–H groups in total. The van der Waals surface area contributed by atoms with Crippen LogP contribution in [0.3, 0.4) is 0 Å². The minimum atomic E-state index is -0.289. The molecule has 0 aromatic rings. The first-order valence-electron chi connectivity index (χ1n) is 6.31. The molecule has 0 aromatic carbocycles. The van der Waals surface area contributed by atoms with E-state index in [2.05, 4.69) is 5.11 Å². The fourth-order valence-corrected chi connectivity index (χ4v) is 3.15. The van der Waals surface area contributed by atoms with Crippen LogP contribution in [0.15, 0.2) is 5.11 Å². The Morgan fingerprint density at radius 2 is 2.06 bits per heavy atom. The molecular weight excluding hydrogens is 202 g/mol. The van der Waals surface area contributed by atoms with Gasteiger partial charge in [-0.1, -0.05) is 26.7 Å². The highest BCUT2D eigenvalue weighted by Crippen LogP contribution is 2.40. The number of nitrogens with zero attached hydrogens (tertiary/aromatic N) is 3. The maximum Gasteiger partial charge on any atom is 0.227 e. The quantitative estimate of drug-likeness (QED) is 0.663. The van der Waals surface area contributed by atoms with E-state index in [0.717, 1.165) is 12.8 Å². The van der Waals surface area contributed by atoms with E-state index >= 15 is 0 Å². The van der Waals surface area contributed by atoms with Gasteiger partial charge < -0.3 is 15.5 Å². The van der Waals surface area contributed by atoms with E-state index in [4.69, 9.17) is 5.53 Å². The molecule has 1 amide bonds. The Morgan fingerprint density at radius 3 is 2.69 bits per heavy atom. The Balaban J connectivity index is 2.18. The number of hydrogen-bond donors (Lipinski definition) is 0. The zero-order valence-electron chi connectivity index (χ0n) is 10.1. The van der Waals surface area contributed by atoms with E-state index in [1.165, 1.54) is 19.3 Å². The van der Waals surface area contributed by atoms with Gasteiger partial charge in [-0.05, 0) is 25.2 Å². The molecule has 0 aromatic heterocycles. The molecule has 4 heteroatoms. The summed E-state index contributed by atoms with van der Waals surface area (Å²) in [6, 6.07) is 0.324. The largest absolute Gasteiger partial charge is 0.710 e. The molecule has 0 radical (unpaired) electrons. The van der Waals surface area contributed by atoms with E-state index in [-0.39, 0.29) is 18.0 Å². The third kappa shape index (κ3) is 1.85. The SMILES string of the molecule is CC(C)C(=O)N1C(N=[N-])CC2CCCCC21. The average molecular weight is 222 g/mol. The lowest BCUT2D eigenvalue weighted by Gasteiger charge is -2.34. The fourth-order valence-electron chi connectivity index (χ4n) is 3.15. The van der Waals surface area contributed by atoms with Crippen molar-refractivity contribution >= 4 is 5.91 Å². The number of carbonyl (C=O) groups excluding carboxylic acids is 1. The molecule has 1 aliphatic carbocycles. The van der Waals surface area contributed by atoms with E-state index in [1.54, 1.807) is 0 Å². The van der Waals surface area contributed by atoms with Crippen molar-refractivity contribution in [2.75, 3.05) is 0 Å². The predicted octanol–water partition coefficient (Wildman–Crippen LogP) is 2.78. The van der Waals surface area contributed by atoms with Gasteiger partial charge in [0.1, 0.15) is 6.17 Å². The summed E-state index contributed by atoms with van der Waals surface area (Å²) < 4.78 is 0. The van der Waals surface area contributed by atoms with Crippen LogP contribution in [0, 0.1) is 11.8 Å². The first kappa shape index (κ1) is 11.6. The number of rotatable bonds is 2. The average Bonchev–Trinajstić information content (AvgIpc) is 2.66. The molecule has 3 unspecified atom stereocenters. The van der Waals surface area contributed by atoms with E-state index in [1.807, 2.05) is 18.7 Å². The van der Waals surface area contributed by atoms with Crippen molar-refractivity contribution in [3.63, 3.8) is 0 Å². The van der Waals surface area contributed by atoms with Crippen LogP contribution in [0.25, 0.3) is 5.53 Å². The van der Waals surface area contributed by atoms with Gasteiger partial charge >= 0.3 is 0 Å². The summed E-state index contributed by atoms with van der Waals surface area (Å²) in [6.45, 7) is 3.82. The van der Waals surface area contributed by atoms with Gasteiger partial charge in [-0.15, -0.1) is 0 Å². The second-order valence-electron chi connectivity index (χ2n) is 5.34. The van der Waals surface area contributed by atoms with Gasteiger partial charge in [-0.25, -0.2) is 0 Å². The third-order valence-corrected chi connectivity index (χ3v) is 3.94. The van der Waals surface area contributed by atoms with Crippen molar-refractivity contribution in [2.24, 2.45) is 17.0 Å². The second kappa shape index (κ2) is 4.52. The number of likely N-dealkylation sites (tertiary alicyclic amines) is 1. The third-order valence-electron chi connectivity index (χ3n) is 3.94. The Kier molecular flexibility index (Phi) is 3.26. The highest BCUT2D eigenvalue weighted by atomic mass is 16.2. The van der Waals surface area contributed by atoms with E-state index in [0.29, 0.717) is 12.0 Å². The fraction of sp³-hybridized carbons (Fsp3) is 0.917. The highest BCUT2D eigenvalue weighted by molar-refractivity contribution is 5.79. The summed E-state index contributed by atoms with van der Waals surface area (Å²) in [4.78, 5) is 14.0. The van der Waals surface area contributed by atoms with E-state index < -0.39 is 0 Å². The molecule has 2 fully saturated rings. The molecule has 1 heterocycles. The summed E-state index contributed by atoms with van der Waals surface area (Å²) in [5.74, 6) is 0.680. The molecule has 1 aliphatic heterocycles. The van der Waals surface area contributed by atoms with Crippen molar-refractivity contribution in [3.05, 3.63) is 5.53 Å². The summed E-state index contributed by atoms with van der Waals surface area (Å²) in [5.41, 5.74) is 9.05. The first-order chi connectivity index (χ1) is 7.65. The standard InChI is InChI=1S/C12H20N3O/c1-8(2)12(16)15-10-6-4-3-5-9(10)7-11(15)14-13/h8-11H,3-7H2,1-2H3/q-1. The summed E-state index contributed by atoms with van der Waals surface area (Å²) >= 11 is 0. The lowest BCUT2D eigenvalue weighted by atomic mass is 9.85. The van der Waals surface area contributed by atoms with Gasteiger partial charge in [0, 0.05) is 12.0 Å². The smallest absolute Gasteiger partial charge is 0.227 e. The molecule has 16 heavy (non-hydrogen) atoms. The first-order valence-corrected chi connectivity index (χ1v) is 6.31. The number of carbonyl (C=O) groups is 1. The van der Waals surface area contributed by atoms with Crippen LogP contribution in [0.1, 0.15) is 46.0 Å². The Bertz CT molecular complexity index is 290. The topological polar surface area (TPSA) is 55.0 Å². The number of hydrogen-bond acceptors (Lipinski definition) is 2. The highest BCUT2D eigenvalue weighted by Gasteiger charge is 2.43. The molecule has 90 valence electrons. The van der Waals surface area contributed by atoms with Crippen LogP contribution in [0.2, 0.25) is 0 Å². The lowest BCUT2D eigenvalue weighted by molar-refractivity contribution is -0.138. The number of fused-ring (bicyclic) bond motifs is 1. The van der Waals surface area contributed by atoms with Crippen LogP contribution in [0.5, 0.6) is 0 Å². The molecule has 1 saturated heterocycles. The van der Waals surface area contributed by atoms with Crippen molar-refractivity contribution in [3.8, 4) is 0 Å². The minimum absolute atomic E-state index is 0.00933. The van der Waals surface area contributed by atoms with Gasteiger partial charge in [0.25, 0.3) is 0 Å². The molecule has 0 bridgehead atoms. The maximum atomic E-state index is 12.1. The van der Waals surface area contributed by atoms with Crippen LogP contribution in [-0.2, 0) is 4.79 Å². The number of amides is 1. The minimum Gasteiger partial charge on any atom is -0.710 e. The summed E-state index contributed by atoms with van der Waals surface area (Å²) in [6.07, 6.45) is 5.26. The normalized spacial score (nSPS) is 33.9. The molecule has 2 aliphatic rings. The van der Waals surface area contributed by atoms with Crippen molar-refractivity contribution < 1.29 is 4.79 Å². The Hall–Kier alpha value is -0.930. The maximum absolute atomic E-state index is 12.1. The Labute approximate surface area is 96.9 Å². The van der Waals surface area contributed by atoms with Gasteiger partial charge in [0.2, 0.25) is 5.91 Å². The monoisotopic (exact) mass is 222 g/mol. The zero-order valence-corrected chi connectivity index (χ0v) is 10.1. The van der Waals surface area contributed by atoms with Crippen molar-refractivity contribution in [2.45, 2.75) is 58.2 Å². The van der Waals surface area contributed by atoms with Crippen LogP contribution in [0.4, 0.5) is 0 Å². The van der Waals surface area contributed by atoms with Crippen molar-refractivity contribution in [1.29, 1.82) is 0 Å². The van der Waals surface area contributed by atoms with Crippen LogP contribution < -0.4 is 0 Å². The second-order valence-corrected chi connectivity index (χ2v) is 5.34.